The number of primary amides is 1. The van der Waals surface area contributed by atoms with Gasteiger partial charge in [0.25, 0.3) is 0 Å². The Kier molecular flexibility index (Phi) is 9.41. The second-order valence-corrected chi connectivity index (χ2v) is 10.6. The van der Waals surface area contributed by atoms with Crippen molar-refractivity contribution in [3.05, 3.63) is 65.4 Å². The number of nitrogens with one attached hydrogen (secondary N) is 1. The van der Waals surface area contributed by atoms with Gasteiger partial charge in [-0.05, 0) is 37.1 Å². The lowest BCUT2D eigenvalue weighted by Gasteiger charge is -2.50. The smallest absolute Gasteiger partial charge is 0.405 e. The standard InChI is InChI=1S/C27H32F3N5O3S/c28-27(29,30)18-33-25(37)26(16-20-6-2-1-3-7-20)19-34(13-14-35(26)12-5-4-8-23(31)36)17-21-9-10-22(38-21)24-32-11-15-39-24/h1-3,6-7,9-11,15H,4-5,8,12-14,16-19H2,(H2,31,36)(H,33,37). The summed E-state index contributed by atoms with van der Waals surface area (Å²) in [6.07, 6.45) is -1.28. The predicted octanol–water partition coefficient (Wildman–Crippen LogP) is 3.84. The van der Waals surface area contributed by atoms with Crippen molar-refractivity contribution >= 4 is 23.2 Å². The molecule has 2 amide bonds. The molecule has 0 bridgehead atoms. The van der Waals surface area contributed by atoms with E-state index in [9.17, 15) is 22.8 Å². The SMILES string of the molecule is NC(=O)CCCCN1CCN(Cc2ccc(-c3nccs3)o2)CC1(Cc1ccccc1)C(=O)NCC(F)(F)F. The van der Waals surface area contributed by atoms with E-state index >= 15 is 0 Å². The maximum atomic E-state index is 13.7. The lowest BCUT2D eigenvalue weighted by molar-refractivity contribution is -0.150. The Bertz CT molecular complexity index is 1220. The Balaban J connectivity index is 1.59. The van der Waals surface area contributed by atoms with Crippen LogP contribution in [0, 0.1) is 0 Å². The van der Waals surface area contributed by atoms with Crippen LogP contribution in [0.2, 0.25) is 0 Å². The third-order valence-corrected chi connectivity index (χ3v) is 7.56. The van der Waals surface area contributed by atoms with E-state index < -0.39 is 30.1 Å². The predicted molar refractivity (Wildman–Crippen MR) is 142 cm³/mol. The molecule has 1 aromatic carbocycles. The van der Waals surface area contributed by atoms with Crippen LogP contribution in [-0.4, -0.2) is 71.0 Å². The summed E-state index contributed by atoms with van der Waals surface area (Å²) >= 11 is 1.46. The molecule has 1 aliphatic rings. The number of piperazine rings is 1. The highest BCUT2D eigenvalue weighted by Crippen LogP contribution is 2.30. The van der Waals surface area contributed by atoms with Crippen LogP contribution in [0.15, 0.2) is 58.5 Å². The van der Waals surface area contributed by atoms with Crippen molar-refractivity contribution in [3.63, 3.8) is 0 Å². The first-order valence-electron chi connectivity index (χ1n) is 12.8. The number of amides is 2. The first kappa shape index (κ1) is 28.8. The van der Waals surface area contributed by atoms with Crippen molar-refractivity contribution in [1.29, 1.82) is 0 Å². The molecule has 3 N–H and O–H groups in total. The van der Waals surface area contributed by atoms with Gasteiger partial charge in [-0.3, -0.25) is 19.4 Å². The number of carbonyl (C=O) groups excluding carboxylic acids is 2. The molecule has 3 aromatic rings. The highest BCUT2D eigenvalue weighted by atomic mass is 32.1. The molecule has 1 saturated heterocycles. The van der Waals surface area contributed by atoms with Crippen LogP contribution in [0.25, 0.3) is 10.8 Å². The van der Waals surface area contributed by atoms with Crippen molar-refractivity contribution in [1.82, 2.24) is 20.1 Å². The van der Waals surface area contributed by atoms with Crippen LogP contribution in [0.5, 0.6) is 0 Å². The van der Waals surface area contributed by atoms with Gasteiger partial charge in [0.1, 0.15) is 17.8 Å². The largest absolute Gasteiger partial charge is 0.457 e. The van der Waals surface area contributed by atoms with E-state index in [-0.39, 0.29) is 19.4 Å². The maximum absolute atomic E-state index is 13.7. The van der Waals surface area contributed by atoms with Gasteiger partial charge in [-0.1, -0.05) is 30.3 Å². The lowest BCUT2D eigenvalue weighted by Crippen LogP contribution is -2.70. The Morgan fingerprint density at radius 3 is 2.62 bits per heavy atom. The van der Waals surface area contributed by atoms with Gasteiger partial charge in [0.05, 0.1) is 6.54 Å². The number of carbonyl (C=O) groups is 2. The molecule has 210 valence electrons. The molecule has 1 unspecified atom stereocenters. The van der Waals surface area contributed by atoms with Crippen LogP contribution < -0.4 is 11.1 Å². The average molecular weight is 564 g/mol. The van der Waals surface area contributed by atoms with Crippen molar-refractivity contribution < 1.29 is 27.2 Å². The van der Waals surface area contributed by atoms with Gasteiger partial charge in [-0.25, -0.2) is 4.98 Å². The van der Waals surface area contributed by atoms with Crippen LogP contribution >= 0.6 is 11.3 Å². The number of halogens is 3. The molecule has 0 aliphatic carbocycles. The topological polar surface area (TPSA) is 105 Å². The summed E-state index contributed by atoms with van der Waals surface area (Å²) in [5.41, 5.74) is 4.86. The Morgan fingerprint density at radius 2 is 1.92 bits per heavy atom. The molecule has 8 nitrogen and oxygen atoms in total. The molecular weight excluding hydrogens is 531 g/mol. The number of hydrogen-bond donors (Lipinski definition) is 2. The summed E-state index contributed by atoms with van der Waals surface area (Å²) in [6, 6.07) is 13.0. The summed E-state index contributed by atoms with van der Waals surface area (Å²) in [6.45, 7) is 0.684. The van der Waals surface area contributed by atoms with Gasteiger partial charge >= 0.3 is 6.18 Å². The van der Waals surface area contributed by atoms with Gasteiger partial charge in [-0.15, -0.1) is 11.3 Å². The third-order valence-electron chi connectivity index (χ3n) is 6.77. The number of hydrogen-bond acceptors (Lipinski definition) is 7. The Hall–Kier alpha value is -3.22. The molecule has 0 saturated carbocycles. The monoisotopic (exact) mass is 563 g/mol. The van der Waals surface area contributed by atoms with E-state index in [1.165, 1.54) is 11.3 Å². The van der Waals surface area contributed by atoms with E-state index in [1.807, 2.05) is 57.6 Å². The molecular formula is C27H32F3N5O3S. The van der Waals surface area contributed by atoms with Gasteiger partial charge in [0.2, 0.25) is 11.8 Å². The first-order valence-corrected chi connectivity index (χ1v) is 13.7. The first-order chi connectivity index (χ1) is 18.6. The molecule has 12 heteroatoms. The average Bonchev–Trinajstić information content (AvgIpc) is 3.58. The molecule has 4 rings (SSSR count). The number of thiazole rings is 1. The van der Waals surface area contributed by atoms with E-state index in [1.54, 1.807) is 6.20 Å². The zero-order valence-corrected chi connectivity index (χ0v) is 22.3. The summed E-state index contributed by atoms with van der Waals surface area (Å²) in [4.78, 5) is 33.2. The molecule has 1 atom stereocenters. The molecule has 2 aromatic heterocycles. The number of rotatable bonds is 12. The quantitative estimate of drug-likeness (QED) is 0.325. The third kappa shape index (κ3) is 7.90. The number of alkyl halides is 3. The Labute approximate surface area is 229 Å². The van der Waals surface area contributed by atoms with E-state index in [0.29, 0.717) is 50.5 Å². The minimum Gasteiger partial charge on any atom is -0.457 e. The molecule has 1 aliphatic heterocycles. The summed E-state index contributed by atoms with van der Waals surface area (Å²) < 4.78 is 45.4. The molecule has 0 radical (unpaired) electrons. The fraction of sp³-hybridized carbons (Fsp3) is 0.444. The van der Waals surface area contributed by atoms with E-state index in [4.69, 9.17) is 10.2 Å². The van der Waals surface area contributed by atoms with Gasteiger partial charge in [0, 0.05) is 44.1 Å². The highest BCUT2D eigenvalue weighted by Gasteiger charge is 2.48. The Morgan fingerprint density at radius 1 is 1.13 bits per heavy atom. The fourth-order valence-corrected chi connectivity index (χ4v) is 5.57. The second-order valence-electron chi connectivity index (χ2n) is 9.72. The normalized spacial score (nSPS) is 18.7. The minimum absolute atomic E-state index is 0.203. The number of unbranched alkanes of at least 4 members (excludes halogenated alkanes) is 1. The summed E-state index contributed by atoms with van der Waals surface area (Å²) in [5, 5.41) is 4.78. The van der Waals surface area contributed by atoms with Crippen LogP contribution in [0.1, 0.15) is 30.6 Å². The van der Waals surface area contributed by atoms with Crippen molar-refractivity contribution in [2.45, 2.75) is 43.9 Å². The zero-order chi connectivity index (χ0) is 27.9. The fourth-order valence-electron chi connectivity index (χ4n) is 4.97. The minimum atomic E-state index is -4.54. The van der Waals surface area contributed by atoms with Gasteiger partial charge < -0.3 is 15.5 Å². The van der Waals surface area contributed by atoms with Crippen molar-refractivity contribution in [2.75, 3.05) is 32.7 Å². The molecule has 1 fully saturated rings. The van der Waals surface area contributed by atoms with Crippen LogP contribution in [0.3, 0.4) is 0 Å². The van der Waals surface area contributed by atoms with Crippen LogP contribution in [-0.2, 0) is 22.6 Å². The number of nitrogens with zero attached hydrogens (tertiary/aromatic N) is 3. The molecule has 39 heavy (non-hydrogen) atoms. The van der Waals surface area contributed by atoms with E-state index in [2.05, 4.69) is 10.3 Å². The lowest BCUT2D eigenvalue weighted by atomic mass is 9.84. The maximum Gasteiger partial charge on any atom is 0.405 e. The zero-order valence-electron chi connectivity index (χ0n) is 21.5. The number of furan rings is 1. The number of aromatic nitrogens is 1. The summed E-state index contributed by atoms with van der Waals surface area (Å²) in [5.74, 6) is 0.242. The van der Waals surface area contributed by atoms with Crippen LogP contribution in [0.4, 0.5) is 13.2 Å². The van der Waals surface area contributed by atoms with Crippen molar-refractivity contribution in [2.24, 2.45) is 5.73 Å². The van der Waals surface area contributed by atoms with Gasteiger partial charge in [-0.2, -0.15) is 13.2 Å². The second kappa shape index (κ2) is 12.8. The highest BCUT2D eigenvalue weighted by molar-refractivity contribution is 7.13. The van der Waals surface area contributed by atoms with Gasteiger partial charge in [0.15, 0.2) is 10.8 Å². The molecule has 3 heterocycles. The van der Waals surface area contributed by atoms with Crippen molar-refractivity contribution in [3.8, 4) is 10.8 Å². The van der Waals surface area contributed by atoms with E-state index in [0.717, 1.165) is 10.6 Å². The summed E-state index contributed by atoms with van der Waals surface area (Å²) in [7, 11) is 0. The number of nitrogens with two attached hydrogens (primary N) is 1. The number of benzene rings is 1. The molecule has 0 spiro atoms.